The zero-order valence-corrected chi connectivity index (χ0v) is 18.1. The van der Waals surface area contributed by atoms with Gasteiger partial charge in [0.1, 0.15) is 18.1 Å². The Bertz CT molecular complexity index is 1450. The molecule has 32 heavy (non-hydrogen) atoms. The third kappa shape index (κ3) is 3.35. The summed E-state index contributed by atoms with van der Waals surface area (Å²) < 4.78 is 22.7. The second kappa shape index (κ2) is 7.84. The third-order valence-electron chi connectivity index (χ3n) is 5.76. The van der Waals surface area contributed by atoms with Crippen LogP contribution in [0.3, 0.4) is 0 Å². The van der Waals surface area contributed by atoms with Crippen LogP contribution in [0, 0.1) is 0 Å². The van der Waals surface area contributed by atoms with Crippen LogP contribution in [0.2, 0.25) is 0 Å². The summed E-state index contributed by atoms with van der Waals surface area (Å²) >= 11 is 0. The van der Waals surface area contributed by atoms with Crippen LogP contribution in [0.1, 0.15) is 26.3 Å². The average Bonchev–Trinajstić information content (AvgIpc) is 2.78. The maximum Gasteiger partial charge on any atom is 0.344 e. The van der Waals surface area contributed by atoms with Crippen LogP contribution in [0.4, 0.5) is 0 Å². The number of benzene rings is 2. The fourth-order valence-corrected chi connectivity index (χ4v) is 4.08. The minimum atomic E-state index is -0.547. The highest BCUT2D eigenvalue weighted by molar-refractivity contribution is 5.97. The van der Waals surface area contributed by atoms with Crippen molar-refractivity contribution in [1.82, 2.24) is 4.90 Å². The Hall–Kier alpha value is -3.58. The highest BCUT2D eigenvalue weighted by Gasteiger charge is 2.25. The molecule has 0 spiro atoms. The van der Waals surface area contributed by atoms with E-state index in [1.165, 1.54) is 6.07 Å². The lowest BCUT2D eigenvalue weighted by Crippen LogP contribution is -2.37. The second-order valence-electron chi connectivity index (χ2n) is 8.07. The van der Waals surface area contributed by atoms with Gasteiger partial charge in [-0.1, -0.05) is 12.1 Å². The van der Waals surface area contributed by atoms with Crippen molar-refractivity contribution in [1.29, 1.82) is 0 Å². The minimum absolute atomic E-state index is 0.264. The molecule has 0 radical (unpaired) electrons. The number of ether oxygens (including phenoxy) is 2. The summed E-state index contributed by atoms with van der Waals surface area (Å²) in [6.07, 6.45) is 0. The first-order valence-electron chi connectivity index (χ1n) is 10.6. The van der Waals surface area contributed by atoms with Crippen molar-refractivity contribution < 1.29 is 18.3 Å². The van der Waals surface area contributed by atoms with Gasteiger partial charge in [0, 0.05) is 35.0 Å². The number of hydrogen-bond acceptors (Lipinski definition) is 7. The molecule has 0 saturated carbocycles. The molecule has 1 aliphatic heterocycles. The molecule has 0 N–H and O–H groups in total. The fourth-order valence-electron chi connectivity index (χ4n) is 4.08. The van der Waals surface area contributed by atoms with Crippen LogP contribution in [-0.2, 0) is 6.54 Å². The lowest BCUT2D eigenvalue weighted by atomic mass is 9.99. The molecule has 4 aromatic rings. The summed E-state index contributed by atoms with van der Waals surface area (Å²) in [4.78, 5) is 27.6. The van der Waals surface area contributed by atoms with E-state index in [4.69, 9.17) is 18.3 Å². The van der Waals surface area contributed by atoms with E-state index in [0.717, 1.165) is 5.56 Å². The molecule has 2 aromatic heterocycles. The summed E-state index contributed by atoms with van der Waals surface area (Å²) in [7, 11) is 0. The molecule has 3 heterocycles. The van der Waals surface area contributed by atoms with Crippen molar-refractivity contribution in [3.05, 3.63) is 68.9 Å². The largest absolute Gasteiger partial charge is 0.490 e. The third-order valence-corrected chi connectivity index (χ3v) is 5.76. The Morgan fingerprint density at radius 2 is 1.88 bits per heavy atom. The Labute approximate surface area is 183 Å². The van der Waals surface area contributed by atoms with Crippen LogP contribution < -0.4 is 20.7 Å². The molecule has 0 bridgehead atoms. The molecule has 0 unspecified atom stereocenters. The van der Waals surface area contributed by atoms with Gasteiger partial charge in [-0.05, 0) is 45.0 Å². The normalized spacial score (nSPS) is 14.0. The van der Waals surface area contributed by atoms with Crippen LogP contribution in [-0.4, -0.2) is 24.3 Å². The number of para-hydroxylation sites is 1. The lowest BCUT2D eigenvalue weighted by Gasteiger charge is -2.32. The number of nitrogens with zero attached hydrogens (tertiary/aromatic N) is 1. The minimum Gasteiger partial charge on any atom is -0.490 e. The average molecular weight is 433 g/mol. The zero-order valence-electron chi connectivity index (χ0n) is 18.1. The number of hydrogen-bond donors (Lipinski definition) is 0. The molecule has 1 aliphatic rings. The lowest BCUT2D eigenvalue weighted by molar-refractivity contribution is 0.0689. The van der Waals surface area contributed by atoms with Gasteiger partial charge in [0.2, 0.25) is 0 Å². The molecule has 2 aromatic carbocycles. The van der Waals surface area contributed by atoms with E-state index in [1.54, 1.807) is 12.1 Å². The van der Waals surface area contributed by atoms with Gasteiger partial charge >= 0.3 is 11.3 Å². The topological polar surface area (TPSA) is 82.1 Å². The second-order valence-corrected chi connectivity index (χ2v) is 8.07. The summed E-state index contributed by atoms with van der Waals surface area (Å²) in [5, 5.41) is 1.37. The van der Waals surface area contributed by atoms with Crippen molar-refractivity contribution in [2.24, 2.45) is 0 Å². The summed E-state index contributed by atoms with van der Waals surface area (Å²) in [5.74, 6) is 1.19. The molecule has 7 nitrogen and oxygen atoms in total. The van der Waals surface area contributed by atoms with Crippen molar-refractivity contribution in [2.45, 2.75) is 33.4 Å². The maximum atomic E-state index is 13.0. The number of rotatable bonds is 4. The van der Waals surface area contributed by atoms with Gasteiger partial charge in [0.05, 0.1) is 17.7 Å². The van der Waals surface area contributed by atoms with Gasteiger partial charge in [0.15, 0.2) is 11.3 Å². The van der Waals surface area contributed by atoms with Crippen molar-refractivity contribution in [2.75, 3.05) is 13.3 Å². The van der Waals surface area contributed by atoms with Gasteiger partial charge in [-0.2, -0.15) is 0 Å². The predicted octanol–water partition coefficient (Wildman–Crippen LogP) is 4.53. The smallest absolute Gasteiger partial charge is 0.344 e. The standard InChI is InChI=1S/C25H23NO6/c1-4-29-21-7-5-6-15-10-18(25(28)32-23(15)21)17-11-22(27)31-24-16(17)8-9-20-19(24)12-26(13-30-20)14(2)3/h5-11,14H,4,12-13H2,1-3H3. The van der Waals surface area contributed by atoms with E-state index in [2.05, 4.69) is 18.7 Å². The molecule has 0 atom stereocenters. The van der Waals surface area contributed by atoms with Gasteiger partial charge in [-0.15, -0.1) is 0 Å². The Morgan fingerprint density at radius 1 is 1.03 bits per heavy atom. The summed E-state index contributed by atoms with van der Waals surface area (Å²) in [6, 6.07) is 12.4. The van der Waals surface area contributed by atoms with Gasteiger partial charge < -0.3 is 18.3 Å². The summed E-state index contributed by atoms with van der Waals surface area (Å²) in [6.45, 7) is 7.54. The van der Waals surface area contributed by atoms with Crippen molar-refractivity contribution in [3.8, 4) is 22.6 Å². The van der Waals surface area contributed by atoms with E-state index in [-0.39, 0.29) is 6.04 Å². The van der Waals surface area contributed by atoms with Crippen molar-refractivity contribution in [3.63, 3.8) is 0 Å². The maximum absolute atomic E-state index is 13.0. The highest BCUT2D eigenvalue weighted by Crippen LogP contribution is 2.36. The molecule has 0 saturated heterocycles. The Morgan fingerprint density at radius 3 is 2.66 bits per heavy atom. The molecule has 0 fully saturated rings. The van der Waals surface area contributed by atoms with Crippen LogP contribution >= 0.6 is 0 Å². The van der Waals surface area contributed by atoms with Gasteiger partial charge in [0.25, 0.3) is 0 Å². The monoisotopic (exact) mass is 433 g/mol. The first-order chi connectivity index (χ1) is 15.5. The van der Waals surface area contributed by atoms with Crippen molar-refractivity contribution >= 4 is 21.9 Å². The van der Waals surface area contributed by atoms with E-state index >= 15 is 0 Å². The zero-order chi connectivity index (χ0) is 22.4. The fraction of sp³-hybridized carbons (Fsp3) is 0.280. The molecule has 7 heteroatoms. The van der Waals surface area contributed by atoms with E-state index in [0.29, 0.717) is 64.4 Å². The Balaban J connectivity index is 1.74. The van der Waals surface area contributed by atoms with E-state index < -0.39 is 11.3 Å². The molecular formula is C25H23NO6. The molecule has 0 aliphatic carbocycles. The molecule has 164 valence electrons. The SMILES string of the molecule is CCOc1cccc2cc(-c3cc(=O)oc4c5c(ccc34)OCN(C(C)C)C5)c(=O)oc12. The van der Waals surface area contributed by atoms with Crippen LogP contribution in [0.5, 0.6) is 11.5 Å². The quantitative estimate of drug-likeness (QED) is 0.438. The van der Waals surface area contributed by atoms with Crippen LogP contribution in [0.15, 0.2) is 60.9 Å². The van der Waals surface area contributed by atoms with E-state index in [9.17, 15) is 9.59 Å². The van der Waals surface area contributed by atoms with E-state index in [1.807, 2.05) is 31.2 Å². The first kappa shape index (κ1) is 20.3. The van der Waals surface area contributed by atoms with Gasteiger partial charge in [-0.3, -0.25) is 4.90 Å². The Kier molecular flexibility index (Phi) is 4.98. The first-order valence-corrected chi connectivity index (χ1v) is 10.6. The molecule has 0 amide bonds. The summed E-state index contributed by atoms with van der Waals surface area (Å²) in [5.41, 5.74) is 1.29. The molecular weight excluding hydrogens is 410 g/mol. The molecule has 5 rings (SSSR count). The number of fused-ring (bicyclic) bond motifs is 4. The highest BCUT2D eigenvalue weighted by atomic mass is 16.5. The van der Waals surface area contributed by atoms with Crippen LogP contribution in [0.25, 0.3) is 33.1 Å². The van der Waals surface area contributed by atoms with Gasteiger partial charge in [-0.25, -0.2) is 9.59 Å². The predicted molar refractivity (Wildman–Crippen MR) is 121 cm³/mol.